The molecule has 1 N–H and O–H groups in total. The van der Waals surface area contributed by atoms with Crippen molar-refractivity contribution in [1.82, 2.24) is 10.3 Å². The van der Waals surface area contributed by atoms with E-state index in [0.717, 1.165) is 22.4 Å². The topological polar surface area (TPSA) is 24.9 Å². The van der Waals surface area contributed by atoms with Crippen molar-refractivity contribution < 1.29 is 0 Å². The molecule has 0 aliphatic rings. The minimum absolute atomic E-state index is 0.492. The van der Waals surface area contributed by atoms with Crippen LogP contribution in [-0.2, 0) is 13.0 Å². The smallest absolute Gasteiger partial charge is 0.125 e. The van der Waals surface area contributed by atoms with Crippen molar-refractivity contribution in [3.8, 4) is 10.6 Å². The average Bonchev–Trinajstić information content (AvgIpc) is 2.79. The number of aromatic nitrogens is 1. The summed E-state index contributed by atoms with van der Waals surface area (Å²) in [7, 11) is 0. The van der Waals surface area contributed by atoms with Crippen molar-refractivity contribution in [2.45, 2.75) is 46.7 Å². The normalized spacial score (nSPS) is 11.6. The lowest BCUT2D eigenvalue weighted by Gasteiger charge is -2.08. The Morgan fingerprint density at radius 3 is 2.52 bits per heavy atom. The van der Waals surface area contributed by atoms with Crippen LogP contribution in [0, 0.1) is 5.92 Å². The van der Waals surface area contributed by atoms with Gasteiger partial charge in [0.25, 0.3) is 0 Å². The number of nitrogens with zero attached hydrogens (tertiary/aromatic N) is 1. The fraction of sp³-hybridized carbons (Fsp3) is 0.471. The second-order valence-electron chi connectivity index (χ2n) is 6.00. The molecule has 0 saturated carbocycles. The van der Waals surface area contributed by atoms with Gasteiger partial charge in [-0.25, -0.2) is 4.98 Å². The number of nitrogens with one attached hydrogen (secondary N) is 1. The van der Waals surface area contributed by atoms with Crippen molar-refractivity contribution in [3.05, 3.63) is 39.3 Å². The first-order valence-corrected chi connectivity index (χ1v) is 9.05. The van der Waals surface area contributed by atoms with Crippen LogP contribution < -0.4 is 5.32 Å². The molecule has 2 nitrogen and oxygen atoms in total. The van der Waals surface area contributed by atoms with E-state index in [1.54, 1.807) is 0 Å². The van der Waals surface area contributed by atoms with E-state index in [9.17, 15) is 0 Å². The van der Waals surface area contributed by atoms with Gasteiger partial charge in [0, 0.05) is 27.5 Å². The molecule has 0 bridgehead atoms. The zero-order valence-electron chi connectivity index (χ0n) is 13.1. The molecular formula is C17H23BrN2S. The maximum absolute atomic E-state index is 4.91. The fourth-order valence-electron chi connectivity index (χ4n) is 2.11. The van der Waals surface area contributed by atoms with Crippen LogP contribution in [0.4, 0.5) is 0 Å². The monoisotopic (exact) mass is 366 g/mol. The molecule has 0 spiro atoms. The highest BCUT2D eigenvalue weighted by Crippen LogP contribution is 2.33. The van der Waals surface area contributed by atoms with E-state index in [1.165, 1.54) is 16.1 Å². The van der Waals surface area contributed by atoms with Gasteiger partial charge in [0.2, 0.25) is 0 Å². The summed E-state index contributed by atoms with van der Waals surface area (Å²) >= 11 is 5.44. The summed E-state index contributed by atoms with van der Waals surface area (Å²) in [6.45, 7) is 9.76. The van der Waals surface area contributed by atoms with Gasteiger partial charge in [-0.05, 0) is 18.4 Å². The van der Waals surface area contributed by atoms with Gasteiger partial charge in [0.1, 0.15) is 5.01 Å². The Morgan fingerprint density at radius 1 is 1.19 bits per heavy atom. The Morgan fingerprint density at radius 2 is 1.90 bits per heavy atom. The summed E-state index contributed by atoms with van der Waals surface area (Å²) in [4.78, 5) is 6.27. The summed E-state index contributed by atoms with van der Waals surface area (Å²) in [5.74, 6) is 0.622. The first kappa shape index (κ1) is 16.7. The third kappa shape index (κ3) is 4.63. The predicted octanol–water partition coefficient (Wildman–Crippen LogP) is 5.27. The molecular weight excluding hydrogens is 344 g/mol. The first-order valence-electron chi connectivity index (χ1n) is 7.44. The lowest BCUT2D eigenvalue weighted by molar-refractivity contribution is 0.581. The Labute approximate surface area is 140 Å². The van der Waals surface area contributed by atoms with E-state index < -0.39 is 0 Å². The predicted molar refractivity (Wildman–Crippen MR) is 95.8 cm³/mol. The Balaban J connectivity index is 2.33. The molecule has 21 heavy (non-hydrogen) atoms. The molecule has 0 saturated heterocycles. The maximum Gasteiger partial charge on any atom is 0.125 e. The van der Waals surface area contributed by atoms with Crippen molar-refractivity contribution in [1.29, 1.82) is 0 Å². The second-order valence-corrected chi connectivity index (χ2v) is 7.94. The van der Waals surface area contributed by atoms with Crippen LogP contribution >= 0.6 is 27.3 Å². The van der Waals surface area contributed by atoms with Crippen LogP contribution in [-0.4, -0.2) is 11.0 Å². The molecule has 0 amide bonds. The number of rotatable bonds is 6. The second kappa shape index (κ2) is 7.52. The average molecular weight is 367 g/mol. The molecule has 4 heteroatoms. The van der Waals surface area contributed by atoms with Crippen LogP contribution in [0.5, 0.6) is 0 Å². The van der Waals surface area contributed by atoms with Gasteiger partial charge in [-0.15, -0.1) is 11.3 Å². The van der Waals surface area contributed by atoms with Crippen LogP contribution in [0.3, 0.4) is 0 Å². The Hall–Kier alpha value is -0.710. The zero-order chi connectivity index (χ0) is 15.4. The number of hydrogen-bond acceptors (Lipinski definition) is 3. The molecule has 0 radical (unpaired) electrons. The highest BCUT2D eigenvalue weighted by Gasteiger charge is 2.15. The highest BCUT2D eigenvalue weighted by atomic mass is 79.9. The minimum Gasteiger partial charge on any atom is -0.310 e. The summed E-state index contributed by atoms with van der Waals surface area (Å²) in [6, 6.07) is 8.80. The molecule has 0 atom stereocenters. The van der Waals surface area contributed by atoms with Gasteiger partial charge in [-0.1, -0.05) is 61.8 Å². The Bertz CT molecular complexity index is 590. The van der Waals surface area contributed by atoms with Crippen molar-refractivity contribution in [3.63, 3.8) is 0 Å². The minimum atomic E-state index is 0.492. The van der Waals surface area contributed by atoms with E-state index in [2.05, 4.69) is 67.1 Å². The lowest BCUT2D eigenvalue weighted by Crippen LogP contribution is -2.22. The van der Waals surface area contributed by atoms with E-state index in [4.69, 9.17) is 4.98 Å². The standard InChI is InChI=1S/C17H23BrN2S/c1-11(2)9-15-16(10-19-12(3)4)21-17(20-15)13-7-5-6-8-14(13)18/h5-8,11-12,19H,9-10H2,1-4H3. The largest absolute Gasteiger partial charge is 0.310 e. The van der Waals surface area contributed by atoms with E-state index >= 15 is 0 Å². The SMILES string of the molecule is CC(C)Cc1nc(-c2ccccc2Br)sc1CNC(C)C. The molecule has 0 fully saturated rings. The number of benzene rings is 1. The number of halogens is 1. The number of thiazole rings is 1. The van der Waals surface area contributed by atoms with E-state index in [1.807, 2.05) is 17.4 Å². The van der Waals surface area contributed by atoms with Gasteiger partial charge in [0.15, 0.2) is 0 Å². The Kier molecular flexibility index (Phi) is 5.97. The third-order valence-electron chi connectivity index (χ3n) is 3.15. The van der Waals surface area contributed by atoms with Crippen LogP contribution in [0.25, 0.3) is 10.6 Å². The molecule has 2 rings (SSSR count). The van der Waals surface area contributed by atoms with Crippen LogP contribution in [0.1, 0.15) is 38.3 Å². The van der Waals surface area contributed by atoms with Gasteiger partial charge in [0.05, 0.1) is 5.69 Å². The molecule has 1 aromatic heterocycles. The molecule has 1 heterocycles. The van der Waals surface area contributed by atoms with Gasteiger partial charge in [-0.2, -0.15) is 0 Å². The van der Waals surface area contributed by atoms with Crippen LogP contribution in [0.15, 0.2) is 28.7 Å². The van der Waals surface area contributed by atoms with Gasteiger partial charge in [-0.3, -0.25) is 0 Å². The van der Waals surface area contributed by atoms with Gasteiger partial charge >= 0.3 is 0 Å². The first-order chi connectivity index (χ1) is 9.97. The highest BCUT2D eigenvalue weighted by molar-refractivity contribution is 9.10. The quantitative estimate of drug-likeness (QED) is 0.752. The van der Waals surface area contributed by atoms with Crippen molar-refractivity contribution in [2.24, 2.45) is 5.92 Å². The van der Waals surface area contributed by atoms with Gasteiger partial charge < -0.3 is 5.32 Å². The molecule has 0 aliphatic carbocycles. The van der Waals surface area contributed by atoms with E-state index in [-0.39, 0.29) is 0 Å². The number of hydrogen-bond donors (Lipinski definition) is 1. The van der Waals surface area contributed by atoms with Crippen molar-refractivity contribution >= 4 is 27.3 Å². The fourth-order valence-corrected chi connectivity index (χ4v) is 3.80. The maximum atomic E-state index is 4.91. The lowest BCUT2D eigenvalue weighted by atomic mass is 10.1. The summed E-state index contributed by atoms with van der Waals surface area (Å²) in [6.07, 6.45) is 1.04. The molecule has 1 aromatic carbocycles. The molecule has 0 aliphatic heterocycles. The summed E-state index contributed by atoms with van der Waals surface area (Å²) in [5, 5.41) is 4.62. The molecule has 114 valence electrons. The zero-order valence-corrected chi connectivity index (χ0v) is 15.5. The third-order valence-corrected chi connectivity index (χ3v) is 4.98. The summed E-state index contributed by atoms with van der Waals surface area (Å²) in [5.41, 5.74) is 2.43. The van der Waals surface area contributed by atoms with Crippen molar-refractivity contribution in [2.75, 3.05) is 0 Å². The van der Waals surface area contributed by atoms with Crippen LogP contribution in [0.2, 0.25) is 0 Å². The molecule has 2 aromatic rings. The summed E-state index contributed by atoms with van der Waals surface area (Å²) < 4.78 is 1.11. The molecule has 0 unspecified atom stereocenters. The van der Waals surface area contributed by atoms with E-state index in [0.29, 0.717) is 12.0 Å².